The maximum Gasteiger partial charge on any atom is 0.173 e. The van der Waals surface area contributed by atoms with Crippen LogP contribution in [0, 0.1) is 11.6 Å². The minimum Gasteiger partial charge on any atom is -0.513 e. The topological polar surface area (TPSA) is 62.0 Å². The highest BCUT2D eigenvalue weighted by Crippen LogP contribution is 2.19. The van der Waals surface area contributed by atoms with Crippen LogP contribution >= 0.6 is 0 Å². The summed E-state index contributed by atoms with van der Waals surface area (Å²) >= 11 is 0. The summed E-state index contributed by atoms with van der Waals surface area (Å²) in [6, 6.07) is 2.70. The average molecular weight is 212 g/mol. The van der Waals surface area contributed by atoms with Crippen LogP contribution < -0.4 is 0 Å². The zero-order chi connectivity index (χ0) is 11.3. The van der Waals surface area contributed by atoms with Crippen LogP contribution in [0.4, 0.5) is 14.5 Å². The Labute approximate surface area is 83.6 Å². The lowest BCUT2D eigenvalue weighted by Gasteiger charge is -1.94. The van der Waals surface area contributed by atoms with Crippen molar-refractivity contribution in [3.05, 3.63) is 41.8 Å². The average Bonchev–Trinajstić information content (AvgIpc) is 2.22. The van der Waals surface area contributed by atoms with Crippen molar-refractivity contribution in [1.82, 2.24) is 0 Å². The Morgan fingerprint density at radius 3 is 2.67 bits per heavy atom. The second kappa shape index (κ2) is 4.94. The van der Waals surface area contributed by atoms with Crippen molar-refractivity contribution < 1.29 is 18.7 Å². The van der Waals surface area contributed by atoms with Crippen LogP contribution in [0.25, 0.3) is 0 Å². The first kappa shape index (κ1) is 11.0. The lowest BCUT2D eigenvalue weighted by molar-refractivity contribution is -0.105. The van der Waals surface area contributed by atoms with Crippen LogP contribution in [0.5, 0.6) is 0 Å². The molecule has 0 unspecified atom stereocenters. The summed E-state index contributed by atoms with van der Waals surface area (Å²) in [6.07, 6.45) is 0.670. The molecule has 1 aromatic rings. The molecular weight excluding hydrogens is 206 g/mol. The first-order valence-electron chi connectivity index (χ1n) is 3.83. The third kappa shape index (κ3) is 2.94. The number of rotatable bonds is 3. The predicted molar refractivity (Wildman–Crippen MR) is 47.6 cm³/mol. The first-order chi connectivity index (χ1) is 7.17. The Morgan fingerprint density at radius 1 is 1.40 bits per heavy atom. The summed E-state index contributed by atoms with van der Waals surface area (Å²) in [4.78, 5) is 10.2. The maximum atomic E-state index is 12.9. The van der Waals surface area contributed by atoms with Crippen LogP contribution in [0.15, 0.2) is 40.4 Å². The smallest absolute Gasteiger partial charge is 0.173 e. The van der Waals surface area contributed by atoms with Crippen LogP contribution in [0.2, 0.25) is 0 Å². The summed E-state index contributed by atoms with van der Waals surface area (Å²) in [5.74, 6) is -1.64. The van der Waals surface area contributed by atoms with Crippen molar-refractivity contribution in [1.29, 1.82) is 0 Å². The minimum atomic E-state index is -0.901. The molecule has 6 heteroatoms. The number of allylic oxidation sites excluding steroid dienone is 1. The molecule has 0 aromatic heterocycles. The second-order valence-electron chi connectivity index (χ2n) is 2.47. The number of aldehydes is 1. The molecule has 1 rings (SSSR count). The molecular formula is C9H6F2N2O2. The van der Waals surface area contributed by atoms with E-state index < -0.39 is 11.6 Å². The van der Waals surface area contributed by atoms with Crippen molar-refractivity contribution in [3.8, 4) is 0 Å². The van der Waals surface area contributed by atoms with Gasteiger partial charge >= 0.3 is 0 Å². The van der Waals surface area contributed by atoms with Gasteiger partial charge in [-0.05, 0) is 12.1 Å². The number of hydrogen-bond acceptors (Lipinski definition) is 4. The van der Waals surface area contributed by atoms with Gasteiger partial charge in [-0.3, -0.25) is 4.79 Å². The number of carbonyl (C=O) groups is 1. The Hall–Kier alpha value is -2.11. The molecule has 0 atom stereocenters. The third-order valence-electron chi connectivity index (χ3n) is 1.44. The van der Waals surface area contributed by atoms with Crippen molar-refractivity contribution >= 4 is 12.0 Å². The fraction of sp³-hybridized carbons (Fsp3) is 0. The van der Waals surface area contributed by atoms with E-state index in [1.165, 1.54) is 0 Å². The number of carbonyl (C=O) groups excluding carboxylic acids is 1. The van der Waals surface area contributed by atoms with Gasteiger partial charge in [-0.25, -0.2) is 8.78 Å². The Morgan fingerprint density at radius 2 is 2.13 bits per heavy atom. The maximum absolute atomic E-state index is 12.9. The van der Waals surface area contributed by atoms with Gasteiger partial charge in [-0.15, -0.1) is 10.2 Å². The minimum absolute atomic E-state index is 0.224. The first-order valence-corrected chi connectivity index (χ1v) is 3.83. The zero-order valence-electron chi connectivity index (χ0n) is 7.39. The number of benzene rings is 1. The van der Waals surface area contributed by atoms with E-state index in [2.05, 4.69) is 10.2 Å². The van der Waals surface area contributed by atoms with Gasteiger partial charge in [0.25, 0.3) is 0 Å². The molecule has 1 N–H and O–H groups in total. The van der Waals surface area contributed by atoms with Crippen LogP contribution in [0.1, 0.15) is 0 Å². The Kier molecular flexibility index (Phi) is 3.61. The number of hydrogen-bond donors (Lipinski definition) is 1. The molecule has 0 aliphatic heterocycles. The molecule has 0 saturated carbocycles. The van der Waals surface area contributed by atoms with Gasteiger partial charge in [0.2, 0.25) is 0 Å². The molecule has 0 saturated heterocycles. The standard InChI is InChI=1S/C9H6F2N2O2/c10-6-1-2-9(8(11)3-6)13-12-7(4-14)5-15/h1-5,14H. The number of aliphatic hydroxyl groups excluding tert-OH is 1. The van der Waals surface area contributed by atoms with Crippen LogP contribution in [-0.4, -0.2) is 11.4 Å². The van der Waals surface area contributed by atoms with Gasteiger partial charge in [0.1, 0.15) is 17.8 Å². The van der Waals surface area contributed by atoms with Gasteiger partial charge in [0, 0.05) is 6.07 Å². The highest BCUT2D eigenvalue weighted by atomic mass is 19.1. The third-order valence-corrected chi connectivity index (χ3v) is 1.44. The number of halogens is 2. The predicted octanol–water partition coefficient (Wildman–Crippen LogP) is 2.65. The van der Waals surface area contributed by atoms with Gasteiger partial charge < -0.3 is 5.11 Å². The monoisotopic (exact) mass is 212 g/mol. The molecule has 4 nitrogen and oxygen atoms in total. The molecule has 0 spiro atoms. The lowest BCUT2D eigenvalue weighted by Crippen LogP contribution is -1.80. The van der Waals surface area contributed by atoms with E-state index in [9.17, 15) is 13.6 Å². The molecule has 0 bridgehead atoms. The summed E-state index contributed by atoms with van der Waals surface area (Å²) in [7, 11) is 0. The normalized spacial score (nSPS) is 12.0. The molecule has 0 heterocycles. The quantitative estimate of drug-likeness (QED) is 0.362. The van der Waals surface area contributed by atoms with E-state index in [-0.39, 0.29) is 17.7 Å². The van der Waals surface area contributed by atoms with Gasteiger partial charge in [-0.1, -0.05) is 0 Å². The molecule has 78 valence electrons. The van der Waals surface area contributed by atoms with Crippen LogP contribution in [-0.2, 0) is 4.79 Å². The van der Waals surface area contributed by atoms with E-state index in [0.717, 1.165) is 12.1 Å². The molecule has 0 aliphatic rings. The molecule has 0 fully saturated rings. The molecule has 0 aliphatic carbocycles. The summed E-state index contributed by atoms with van der Waals surface area (Å²) in [6.45, 7) is 0. The number of aliphatic hydroxyl groups is 1. The van der Waals surface area contributed by atoms with Gasteiger partial charge in [0.15, 0.2) is 17.8 Å². The Bertz CT molecular complexity index is 430. The number of azo groups is 1. The summed E-state index contributed by atoms with van der Waals surface area (Å²) in [5.41, 5.74) is -0.587. The molecule has 0 radical (unpaired) electrons. The van der Waals surface area contributed by atoms with E-state index >= 15 is 0 Å². The van der Waals surface area contributed by atoms with Crippen LogP contribution in [0.3, 0.4) is 0 Å². The SMILES string of the molecule is O=CC(=CO)N=Nc1ccc(F)cc1F. The van der Waals surface area contributed by atoms with E-state index in [4.69, 9.17) is 5.11 Å². The summed E-state index contributed by atoms with van der Waals surface area (Å²) in [5, 5.41) is 15.0. The zero-order valence-corrected chi connectivity index (χ0v) is 7.39. The molecule has 1 aromatic carbocycles. The van der Waals surface area contributed by atoms with Crippen molar-refractivity contribution in [2.75, 3.05) is 0 Å². The lowest BCUT2D eigenvalue weighted by atomic mass is 10.3. The van der Waals surface area contributed by atoms with Crippen molar-refractivity contribution in [3.63, 3.8) is 0 Å². The highest BCUT2D eigenvalue weighted by Gasteiger charge is 2.02. The van der Waals surface area contributed by atoms with Gasteiger partial charge in [-0.2, -0.15) is 0 Å². The van der Waals surface area contributed by atoms with E-state index in [1.807, 2.05) is 0 Å². The molecule has 0 amide bonds. The van der Waals surface area contributed by atoms with Gasteiger partial charge in [0.05, 0.1) is 0 Å². The van der Waals surface area contributed by atoms with Crippen molar-refractivity contribution in [2.45, 2.75) is 0 Å². The second-order valence-corrected chi connectivity index (χ2v) is 2.47. The highest BCUT2D eigenvalue weighted by molar-refractivity contribution is 5.71. The summed E-state index contributed by atoms with van der Waals surface area (Å²) < 4.78 is 25.4. The van der Waals surface area contributed by atoms with E-state index in [1.54, 1.807) is 0 Å². The molecule has 15 heavy (non-hydrogen) atoms. The largest absolute Gasteiger partial charge is 0.513 e. The number of nitrogens with zero attached hydrogens (tertiary/aromatic N) is 2. The fourth-order valence-electron chi connectivity index (χ4n) is 0.754. The van der Waals surface area contributed by atoms with Crippen molar-refractivity contribution in [2.24, 2.45) is 10.2 Å². The fourth-order valence-corrected chi connectivity index (χ4v) is 0.754. The van der Waals surface area contributed by atoms with E-state index in [0.29, 0.717) is 12.3 Å². The Balaban J connectivity index is 2.94.